The number of carbonyl (C=O) groups is 1. The molecule has 1 aliphatic heterocycles. The fraction of sp³-hybridized carbons (Fsp3) is 0.571. The van der Waals surface area contributed by atoms with Gasteiger partial charge in [0.15, 0.2) is 0 Å². The molecule has 0 saturated carbocycles. The second-order valence-corrected chi connectivity index (χ2v) is 6.54. The number of amides is 1. The fourth-order valence-corrected chi connectivity index (χ4v) is 3.35. The van der Waals surface area contributed by atoms with E-state index in [4.69, 9.17) is 4.74 Å². The van der Waals surface area contributed by atoms with E-state index in [1.165, 1.54) is 11.3 Å². The molecule has 0 bridgehead atoms. The number of nitrogens with one attached hydrogen (secondary N) is 2. The number of hydrogen-bond donors (Lipinski definition) is 2. The number of hydrogen-bond acceptors (Lipinski definition) is 5. The van der Waals surface area contributed by atoms with Crippen LogP contribution in [0.4, 0.5) is 5.00 Å². The Hall–Kier alpha value is -1.42. The van der Waals surface area contributed by atoms with Gasteiger partial charge < -0.3 is 15.4 Å². The summed E-state index contributed by atoms with van der Waals surface area (Å²) in [6, 6.07) is 2.22. The van der Waals surface area contributed by atoms with Gasteiger partial charge in [0.25, 0.3) is 0 Å². The predicted octanol–water partition coefficient (Wildman–Crippen LogP) is 2.02. The number of nitrogens with zero attached hydrogens (tertiary/aromatic N) is 1. The molecular formula is C14H19N3O2S. The first-order chi connectivity index (χ1) is 9.46. The van der Waals surface area contributed by atoms with Gasteiger partial charge in [-0.25, -0.2) is 0 Å². The SMILES string of the molecule is COC(C)(C)CC(=O)Nc1sc2c(c1C#N)CCNC2. The molecule has 20 heavy (non-hydrogen) atoms. The molecule has 0 atom stereocenters. The molecule has 6 heteroatoms. The third-order valence-corrected chi connectivity index (χ3v) is 4.58. The predicted molar refractivity (Wildman–Crippen MR) is 78.8 cm³/mol. The maximum atomic E-state index is 12.1. The molecule has 1 aromatic rings. The molecule has 1 aromatic heterocycles. The summed E-state index contributed by atoms with van der Waals surface area (Å²) in [5.74, 6) is -0.125. The number of thiophene rings is 1. The molecule has 0 aliphatic carbocycles. The lowest BCUT2D eigenvalue weighted by atomic mass is 10.0. The summed E-state index contributed by atoms with van der Waals surface area (Å²) in [5, 5.41) is 16.1. The molecular weight excluding hydrogens is 274 g/mol. The first kappa shape index (κ1) is 15.0. The van der Waals surface area contributed by atoms with Crippen LogP contribution in [-0.2, 0) is 22.5 Å². The number of fused-ring (bicyclic) bond motifs is 1. The van der Waals surface area contributed by atoms with E-state index in [9.17, 15) is 10.1 Å². The van der Waals surface area contributed by atoms with Crippen molar-refractivity contribution in [3.63, 3.8) is 0 Å². The molecule has 1 aliphatic rings. The average Bonchev–Trinajstić information content (AvgIpc) is 2.74. The quantitative estimate of drug-likeness (QED) is 0.890. The average molecular weight is 293 g/mol. The highest BCUT2D eigenvalue weighted by Gasteiger charge is 2.25. The lowest BCUT2D eigenvalue weighted by Gasteiger charge is -2.21. The number of rotatable bonds is 4. The maximum absolute atomic E-state index is 12.1. The Balaban J connectivity index is 2.16. The lowest BCUT2D eigenvalue weighted by Crippen LogP contribution is -2.29. The van der Waals surface area contributed by atoms with Gasteiger partial charge in [-0.05, 0) is 32.4 Å². The monoisotopic (exact) mass is 293 g/mol. The van der Waals surface area contributed by atoms with Crippen LogP contribution in [0.2, 0.25) is 0 Å². The van der Waals surface area contributed by atoms with Crippen LogP contribution in [0, 0.1) is 11.3 Å². The smallest absolute Gasteiger partial charge is 0.227 e. The normalized spacial score (nSPS) is 14.5. The van der Waals surface area contributed by atoms with Crippen molar-refractivity contribution in [3.8, 4) is 6.07 Å². The van der Waals surface area contributed by atoms with E-state index in [1.54, 1.807) is 7.11 Å². The van der Waals surface area contributed by atoms with Crippen molar-refractivity contribution >= 4 is 22.2 Å². The Labute approximate surface area is 122 Å². The largest absolute Gasteiger partial charge is 0.378 e. The van der Waals surface area contributed by atoms with Gasteiger partial charge in [-0.1, -0.05) is 0 Å². The van der Waals surface area contributed by atoms with E-state index in [1.807, 2.05) is 13.8 Å². The zero-order valence-corrected chi connectivity index (χ0v) is 12.8. The fourth-order valence-electron chi connectivity index (χ4n) is 2.17. The van der Waals surface area contributed by atoms with E-state index in [-0.39, 0.29) is 12.3 Å². The molecule has 1 amide bonds. The van der Waals surface area contributed by atoms with Crippen LogP contribution in [0.5, 0.6) is 0 Å². The van der Waals surface area contributed by atoms with Gasteiger partial charge in [0.05, 0.1) is 17.6 Å². The summed E-state index contributed by atoms with van der Waals surface area (Å²) in [6.07, 6.45) is 1.10. The minimum atomic E-state index is -0.505. The Kier molecular flexibility index (Phi) is 4.43. The van der Waals surface area contributed by atoms with Crippen LogP contribution in [-0.4, -0.2) is 25.2 Å². The van der Waals surface area contributed by atoms with Crippen molar-refractivity contribution < 1.29 is 9.53 Å². The van der Waals surface area contributed by atoms with Gasteiger partial charge in [0.1, 0.15) is 11.1 Å². The molecule has 2 rings (SSSR count). The van der Waals surface area contributed by atoms with Gasteiger partial charge in [0.2, 0.25) is 5.91 Å². The first-order valence-corrected chi connectivity index (χ1v) is 7.39. The van der Waals surface area contributed by atoms with E-state index >= 15 is 0 Å². The van der Waals surface area contributed by atoms with Crippen molar-refractivity contribution in [2.75, 3.05) is 19.0 Å². The summed E-state index contributed by atoms with van der Waals surface area (Å²) in [4.78, 5) is 13.2. The van der Waals surface area contributed by atoms with Crippen molar-refractivity contribution in [2.24, 2.45) is 0 Å². The molecule has 2 N–H and O–H groups in total. The number of carbonyl (C=O) groups excluding carboxylic acids is 1. The summed E-state index contributed by atoms with van der Waals surface area (Å²) >= 11 is 1.49. The van der Waals surface area contributed by atoms with Gasteiger partial charge in [-0.2, -0.15) is 5.26 Å². The van der Waals surface area contributed by atoms with Crippen LogP contribution >= 0.6 is 11.3 Å². The number of anilines is 1. The second kappa shape index (κ2) is 5.92. The van der Waals surface area contributed by atoms with Crippen molar-refractivity contribution in [3.05, 3.63) is 16.0 Å². The minimum Gasteiger partial charge on any atom is -0.378 e. The van der Waals surface area contributed by atoms with Gasteiger partial charge in [-0.3, -0.25) is 4.79 Å². The summed E-state index contributed by atoms with van der Waals surface area (Å²) in [6.45, 7) is 5.37. The van der Waals surface area contributed by atoms with Crippen molar-refractivity contribution in [1.29, 1.82) is 5.26 Å². The maximum Gasteiger partial charge on any atom is 0.227 e. The van der Waals surface area contributed by atoms with Crippen LogP contribution in [0.25, 0.3) is 0 Å². The van der Waals surface area contributed by atoms with Gasteiger partial charge in [0, 0.05) is 18.5 Å². The Bertz CT molecular complexity index is 558. The van der Waals surface area contributed by atoms with Crippen molar-refractivity contribution in [1.82, 2.24) is 5.32 Å². The molecule has 0 radical (unpaired) electrons. The Morgan fingerprint density at radius 1 is 1.60 bits per heavy atom. The third kappa shape index (κ3) is 3.18. The van der Waals surface area contributed by atoms with Crippen molar-refractivity contribution in [2.45, 2.75) is 38.8 Å². The minimum absolute atomic E-state index is 0.125. The molecule has 0 fully saturated rings. The third-order valence-electron chi connectivity index (χ3n) is 3.43. The molecule has 0 unspecified atom stereocenters. The summed E-state index contributed by atoms with van der Waals surface area (Å²) < 4.78 is 5.25. The van der Waals surface area contributed by atoms with Gasteiger partial charge in [-0.15, -0.1) is 11.3 Å². The van der Waals surface area contributed by atoms with Gasteiger partial charge >= 0.3 is 0 Å². The highest BCUT2D eigenvalue weighted by molar-refractivity contribution is 7.16. The molecule has 108 valence electrons. The zero-order chi connectivity index (χ0) is 14.8. The summed E-state index contributed by atoms with van der Waals surface area (Å²) in [7, 11) is 1.59. The van der Waals surface area contributed by atoms with E-state index in [2.05, 4.69) is 16.7 Å². The molecule has 0 aromatic carbocycles. The standard InChI is InChI=1S/C14H19N3O2S/c1-14(2,19-3)6-12(18)17-13-10(7-15)9-4-5-16-8-11(9)20-13/h16H,4-6,8H2,1-3H3,(H,17,18). The molecule has 0 saturated heterocycles. The van der Waals surface area contributed by atoms with Crippen LogP contribution in [0.15, 0.2) is 0 Å². The Morgan fingerprint density at radius 3 is 3.00 bits per heavy atom. The van der Waals surface area contributed by atoms with E-state index in [0.29, 0.717) is 10.6 Å². The summed E-state index contributed by atoms with van der Waals surface area (Å²) in [5.41, 5.74) is 1.20. The second-order valence-electron chi connectivity index (χ2n) is 5.44. The Morgan fingerprint density at radius 2 is 2.35 bits per heavy atom. The van der Waals surface area contributed by atoms with Crippen LogP contribution in [0.3, 0.4) is 0 Å². The lowest BCUT2D eigenvalue weighted by molar-refractivity contribution is -0.121. The van der Waals surface area contributed by atoms with E-state index in [0.717, 1.165) is 30.0 Å². The number of methoxy groups -OCH3 is 1. The highest BCUT2D eigenvalue weighted by Crippen LogP contribution is 2.35. The number of ether oxygens (including phenoxy) is 1. The van der Waals surface area contributed by atoms with E-state index < -0.39 is 5.60 Å². The zero-order valence-electron chi connectivity index (χ0n) is 12.0. The molecule has 5 nitrogen and oxygen atoms in total. The first-order valence-electron chi connectivity index (χ1n) is 6.57. The number of nitriles is 1. The van der Waals surface area contributed by atoms with Crippen LogP contribution < -0.4 is 10.6 Å². The highest BCUT2D eigenvalue weighted by atomic mass is 32.1. The van der Waals surface area contributed by atoms with Crippen LogP contribution in [0.1, 0.15) is 36.3 Å². The molecule has 2 heterocycles. The topological polar surface area (TPSA) is 74.1 Å². The molecule has 0 spiro atoms.